The molecule has 0 rings (SSSR count). The van der Waals surface area contributed by atoms with Crippen molar-refractivity contribution in [1.82, 2.24) is 0 Å². The molecule has 0 aromatic rings. The average molecular weight is 240 g/mol. The Hall–Kier alpha value is -1.17. The van der Waals surface area contributed by atoms with Crippen LogP contribution in [-0.4, -0.2) is 17.9 Å². The van der Waals surface area contributed by atoms with E-state index in [4.69, 9.17) is 9.47 Å². The van der Waals surface area contributed by atoms with Crippen LogP contribution in [0.2, 0.25) is 0 Å². The number of hydrogen-bond donors (Lipinski definition) is 0. The smallest absolute Gasteiger partial charge is 0.429 e. The molecule has 0 aliphatic heterocycles. The van der Waals surface area contributed by atoms with Gasteiger partial charge in [0, 0.05) is 0 Å². The van der Waals surface area contributed by atoms with Gasteiger partial charge in [0.15, 0.2) is 0 Å². The zero-order valence-electron chi connectivity index (χ0n) is 12.0. The van der Waals surface area contributed by atoms with E-state index in [0.717, 1.165) is 0 Å². The molecule has 0 spiro atoms. The molecule has 0 aromatic carbocycles. The third kappa shape index (κ3) is 6.88. The monoisotopic (exact) mass is 240 g/mol. The Kier molecular flexibility index (Phi) is 6.09. The molecule has 0 saturated heterocycles. The number of carbonyl (C=O) groups excluding carboxylic acids is 1. The quantitative estimate of drug-likeness (QED) is 0.558. The van der Waals surface area contributed by atoms with Gasteiger partial charge in [0.05, 0.1) is 5.92 Å². The lowest BCUT2D eigenvalue weighted by atomic mass is 9.95. The van der Waals surface area contributed by atoms with E-state index in [0.29, 0.717) is 0 Å². The van der Waals surface area contributed by atoms with Gasteiger partial charge in [-0.15, -0.1) is 5.92 Å². The molecule has 98 valence electrons. The van der Waals surface area contributed by atoms with E-state index in [1.54, 1.807) is 6.92 Å². The number of hydrogen-bond acceptors (Lipinski definition) is 3. The minimum Gasteiger partial charge on any atom is -0.429 e. The molecular weight excluding hydrogens is 216 g/mol. The Morgan fingerprint density at radius 2 is 1.71 bits per heavy atom. The van der Waals surface area contributed by atoms with Gasteiger partial charge in [-0.1, -0.05) is 19.8 Å². The van der Waals surface area contributed by atoms with Crippen molar-refractivity contribution in [3.63, 3.8) is 0 Å². The van der Waals surface area contributed by atoms with E-state index < -0.39 is 11.8 Å². The number of carbonyl (C=O) groups is 1. The predicted molar refractivity (Wildman–Crippen MR) is 68.6 cm³/mol. The van der Waals surface area contributed by atoms with Crippen molar-refractivity contribution in [3.8, 4) is 11.8 Å². The maximum absolute atomic E-state index is 11.6. The molecule has 17 heavy (non-hydrogen) atoms. The third-order valence-electron chi connectivity index (χ3n) is 2.14. The molecular formula is C14H24O3. The Balaban J connectivity index is 4.54. The van der Waals surface area contributed by atoms with E-state index in [1.165, 1.54) is 0 Å². The summed E-state index contributed by atoms with van der Waals surface area (Å²) in [5, 5.41) is 0. The summed E-state index contributed by atoms with van der Waals surface area (Å²) in [5.74, 6) is 6.07. The van der Waals surface area contributed by atoms with Crippen LogP contribution in [0, 0.1) is 23.7 Å². The van der Waals surface area contributed by atoms with Gasteiger partial charge in [-0.3, -0.25) is 0 Å². The van der Waals surface area contributed by atoms with Gasteiger partial charge in [-0.2, -0.15) is 0 Å². The molecule has 0 aliphatic rings. The van der Waals surface area contributed by atoms with E-state index in [9.17, 15) is 4.79 Å². The molecule has 3 heteroatoms. The van der Waals surface area contributed by atoms with Crippen LogP contribution in [-0.2, 0) is 9.47 Å². The zero-order valence-corrected chi connectivity index (χ0v) is 12.0. The fourth-order valence-electron chi connectivity index (χ4n) is 1.51. The fraction of sp³-hybridized carbons (Fsp3) is 0.786. The molecule has 0 fully saturated rings. The summed E-state index contributed by atoms with van der Waals surface area (Å²) in [4.78, 5) is 11.6. The topological polar surface area (TPSA) is 35.5 Å². The molecule has 0 aromatic heterocycles. The van der Waals surface area contributed by atoms with Gasteiger partial charge >= 0.3 is 6.16 Å². The van der Waals surface area contributed by atoms with Crippen LogP contribution in [0.1, 0.15) is 48.5 Å². The number of rotatable bonds is 3. The van der Waals surface area contributed by atoms with Crippen molar-refractivity contribution in [2.24, 2.45) is 11.8 Å². The maximum Gasteiger partial charge on any atom is 0.509 e. The summed E-state index contributed by atoms with van der Waals surface area (Å²) in [6.07, 6.45) is -0.863. The van der Waals surface area contributed by atoms with Crippen molar-refractivity contribution in [2.45, 2.75) is 60.2 Å². The van der Waals surface area contributed by atoms with Crippen LogP contribution < -0.4 is 0 Å². The lowest BCUT2D eigenvalue weighted by Crippen LogP contribution is -2.33. The van der Waals surface area contributed by atoms with Crippen molar-refractivity contribution in [3.05, 3.63) is 0 Å². The molecule has 0 radical (unpaired) electrons. The van der Waals surface area contributed by atoms with Gasteiger partial charge < -0.3 is 9.47 Å². The highest BCUT2D eigenvalue weighted by Gasteiger charge is 2.26. The lowest BCUT2D eigenvalue weighted by molar-refractivity contribution is -0.0437. The van der Waals surface area contributed by atoms with Crippen molar-refractivity contribution >= 4 is 6.16 Å². The zero-order chi connectivity index (χ0) is 13.6. The normalized spacial score (nSPS) is 14.6. The maximum atomic E-state index is 11.6. The van der Waals surface area contributed by atoms with Crippen molar-refractivity contribution in [2.75, 3.05) is 0 Å². The van der Waals surface area contributed by atoms with E-state index >= 15 is 0 Å². The van der Waals surface area contributed by atoms with E-state index in [-0.39, 0.29) is 17.9 Å². The minimum atomic E-state index is -0.624. The van der Waals surface area contributed by atoms with Crippen molar-refractivity contribution < 1.29 is 14.3 Å². The van der Waals surface area contributed by atoms with Gasteiger partial charge in [0.25, 0.3) is 0 Å². The van der Waals surface area contributed by atoms with Gasteiger partial charge in [0.1, 0.15) is 11.7 Å². The number of ether oxygens (including phenoxy) is 2. The molecule has 0 saturated carbocycles. The highest BCUT2D eigenvalue weighted by molar-refractivity contribution is 5.60. The molecule has 0 heterocycles. The van der Waals surface area contributed by atoms with E-state index in [2.05, 4.69) is 11.8 Å². The summed E-state index contributed by atoms with van der Waals surface area (Å²) in [5.41, 5.74) is -0.529. The van der Waals surface area contributed by atoms with Gasteiger partial charge in [-0.25, -0.2) is 4.79 Å². The highest BCUT2D eigenvalue weighted by atomic mass is 16.7. The summed E-state index contributed by atoms with van der Waals surface area (Å²) in [6, 6.07) is 0. The Bertz CT molecular complexity index is 302. The second-order valence-corrected chi connectivity index (χ2v) is 5.47. The molecule has 0 amide bonds. The first kappa shape index (κ1) is 15.8. The molecule has 0 unspecified atom stereocenters. The standard InChI is InChI=1S/C14H24O3/c1-8-9-11(4)12(10(2)3)16-13(15)17-14(5,6)7/h10-12H,1-7H3/t11-,12+/m1/s1. The van der Waals surface area contributed by atoms with Crippen LogP contribution in [0.5, 0.6) is 0 Å². The van der Waals surface area contributed by atoms with Crippen LogP contribution in [0.3, 0.4) is 0 Å². The molecule has 0 aliphatic carbocycles. The summed E-state index contributed by atoms with van der Waals surface area (Å²) in [7, 11) is 0. The summed E-state index contributed by atoms with van der Waals surface area (Å²) >= 11 is 0. The SMILES string of the molecule is CC#C[C@@H](C)[C@@H](OC(=O)OC(C)(C)C)C(C)C. The van der Waals surface area contributed by atoms with Crippen LogP contribution in [0.4, 0.5) is 4.79 Å². The molecule has 3 nitrogen and oxygen atoms in total. The minimum absolute atomic E-state index is 0.00696. The molecule has 0 N–H and O–H groups in total. The third-order valence-corrected chi connectivity index (χ3v) is 2.14. The summed E-state index contributed by atoms with van der Waals surface area (Å²) < 4.78 is 10.5. The first-order valence-electron chi connectivity index (χ1n) is 5.99. The second kappa shape index (κ2) is 6.54. The molecule has 2 atom stereocenters. The lowest BCUT2D eigenvalue weighted by Gasteiger charge is -2.26. The Labute approximate surface area is 105 Å². The predicted octanol–water partition coefficient (Wildman–Crippen LogP) is 3.62. The highest BCUT2D eigenvalue weighted by Crippen LogP contribution is 2.18. The van der Waals surface area contributed by atoms with Crippen LogP contribution in [0.15, 0.2) is 0 Å². The largest absolute Gasteiger partial charge is 0.509 e. The second-order valence-electron chi connectivity index (χ2n) is 5.47. The summed E-state index contributed by atoms with van der Waals surface area (Å²) in [6.45, 7) is 13.2. The van der Waals surface area contributed by atoms with E-state index in [1.807, 2.05) is 41.5 Å². The Morgan fingerprint density at radius 1 is 1.18 bits per heavy atom. The first-order chi connectivity index (χ1) is 7.67. The Morgan fingerprint density at radius 3 is 2.06 bits per heavy atom. The first-order valence-corrected chi connectivity index (χ1v) is 5.99. The van der Waals surface area contributed by atoms with Gasteiger partial charge in [0.2, 0.25) is 0 Å². The average Bonchev–Trinajstić information content (AvgIpc) is 2.11. The fourth-order valence-corrected chi connectivity index (χ4v) is 1.51. The van der Waals surface area contributed by atoms with Gasteiger partial charge in [-0.05, 0) is 40.5 Å². The van der Waals surface area contributed by atoms with Crippen LogP contribution >= 0.6 is 0 Å². The molecule has 0 bridgehead atoms. The van der Waals surface area contributed by atoms with Crippen molar-refractivity contribution in [1.29, 1.82) is 0 Å². The van der Waals surface area contributed by atoms with Crippen LogP contribution in [0.25, 0.3) is 0 Å².